The monoisotopic (exact) mass is 273 g/mol. The van der Waals surface area contributed by atoms with Gasteiger partial charge in [0.05, 0.1) is 0 Å². The van der Waals surface area contributed by atoms with E-state index in [2.05, 4.69) is 10.1 Å². The van der Waals surface area contributed by atoms with Gasteiger partial charge in [-0.2, -0.15) is 16.6 Å². The topological polar surface area (TPSA) is 91.8 Å². The predicted octanol–water partition coefficient (Wildman–Crippen LogP) is 1.50. The first kappa shape index (κ1) is 16.7. The Hall–Kier alpha value is -1.33. The molecule has 0 aliphatic rings. The van der Waals surface area contributed by atoms with Gasteiger partial charge in [0.1, 0.15) is 11.6 Å². The van der Waals surface area contributed by atoms with Crippen LogP contribution in [0.15, 0.2) is 0 Å². The van der Waals surface area contributed by atoms with Crippen molar-refractivity contribution in [2.45, 2.75) is 38.8 Å². The molecule has 0 aromatic rings. The van der Waals surface area contributed by atoms with E-state index in [1.165, 1.54) is 0 Å². The molecular formula is C11H19N3O3S. The molecule has 102 valence electrons. The number of nitrogens with zero attached hydrogens (tertiary/aromatic N) is 2. The summed E-state index contributed by atoms with van der Waals surface area (Å²) in [6, 6.07) is -0.733. The van der Waals surface area contributed by atoms with Crippen LogP contribution in [0.25, 0.3) is 5.53 Å². The third kappa shape index (κ3) is 7.86. The normalized spacial score (nSPS) is 12.2. The predicted molar refractivity (Wildman–Crippen MR) is 70.8 cm³/mol. The zero-order chi connectivity index (χ0) is 14.2. The molecule has 1 atom stereocenters. The van der Waals surface area contributed by atoms with E-state index in [1.54, 1.807) is 32.5 Å². The highest BCUT2D eigenvalue weighted by molar-refractivity contribution is 7.98. The van der Waals surface area contributed by atoms with Crippen LogP contribution in [0.4, 0.5) is 4.79 Å². The summed E-state index contributed by atoms with van der Waals surface area (Å²) in [5.41, 5.74) is 7.71. The van der Waals surface area contributed by atoms with Crippen LogP contribution >= 0.6 is 11.8 Å². The van der Waals surface area contributed by atoms with Crippen molar-refractivity contribution in [3.63, 3.8) is 0 Å². The summed E-state index contributed by atoms with van der Waals surface area (Å²) in [6.07, 6.45) is 2.47. The minimum atomic E-state index is -0.733. The van der Waals surface area contributed by atoms with Gasteiger partial charge >= 0.3 is 12.3 Å². The number of nitrogens with one attached hydrogen (secondary N) is 1. The van der Waals surface area contributed by atoms with E-state index in [4.69, 9.17) is 10.3 Å². The van der Waals surface area contributed by atoms with Gasteiger partial charge in [-0.25, -0.2) is 4.79 Å². The summed E-state index contributed by atoms with van der Waals surface area (Å²) in [7, 11) is 0. The first-order chi connectivity index (χ1) is 8.30. The molecule has 0 spiro atoms. The van der Waals surface area contributed by atoms with Crippen LogP contribution in [0.5, 0.6) is 0 Å². The summed E-state index contributed by atoms with van der Waals surface area (Å²) in [6.45, 7) is 5.21. The number of ketones is 1. The second-order valence-corrected chi connectivity index (χ2v) is 5.61. The fourth-order valence-electron chi connectivity index (χ4n) is 1.12. The molecule has 0 unspecified atom stereocenters. The average molecular weight is 273 g/mol. The van der Waals surface area contributed by atoms with Crippen LogP contribution in [0, 0.1) is 0 Å². The summed E-state index contributed by atoms with van der Waals surface area (Å²) in [5.74, 6) is 0.239. The standard InChI is InChI=1S/C11H19N3O3S/c1-11(2,3)17-10(16)14-8(5-6-18-4)9(15)7-13-12/h7-8H,5-6H2,1-4H3,(H,14,16)/t8-/m1/s1. The van der Waals surface area contributed by atoms with Crippen molar-refractivity contribution in [1.82, 2.24) is 5.32 Å². The number of alkyl carbamates (subject to hydrolysis) is 1. The van der Waals surface area contributed by atoms with Gasteiger partial charge in [-0.1, -0.05) is 0 Å². The summed E-state index contributed by atoms with van der Waals surface area (Å²) >= 11 is 1.55. The number of carbonyl (C=O) groups is 2. The zero-order valence-electron chi connectivity index (χ0n) is 11.1. The number of carbonyl (C=O) groups excluding carboxylic acids is 2. The quantitative estimate of drug-likeness (QED) is 0.451. The molecular weight excluding hydrogens is 254 g/mol. The Morgan fingerprint density at radius 3 is 2.56 bits per heavy atom. The maximum Gasteiger partial charge on any atom is 0.408 e. The molecule has 1 N–H and O–H groups in total. The van der Waals surface area contributed by atoms with E-state index in [0.29, 0.717) is 12.2 Å². The van der Waals surface area contributed by atoms with Gasteiger partial charge < -0.3 is 15.6 Å². The minimum absolute atomic E-state index is 0.450. The number of hydrogen-bond donors (Lipinski definition) is 1. The Balaban J connectivity index is 4.53. The molecule has 0 saturated carbocycles. The minimum Gasteiger partial charge on any atom is -0.444 e. The Bertz CT molecular complexity index is 346. The summed E-state index contributed by atoms with van der Waals surface area (Å²) in [4.78, 5) is 25.8. The molecule has 0 saturated heterocycles. The smallest absolute Gasteiger partial charge is 0.408 e. The molecule has 7 heteroatoms. The Kier molecular flexibility index (Phi) is 7.31. The van der Waals surface area contributed by atoms with Gasteiger partial charge in [-0.05, 0) is 39.2 Å². The molecule has 0 aliphatic heterocycles. The summed E-state index contributed by atoms with van der Waals surface area (Å²) in [5, 5.41) is 2.47. The molecule has 6 nitrogen and oxygen atoms in total. The molecule has 0 rings (SSSR count). The van der Waals surface area contributed by atoms with Crippen molar-refractivity contribution >= 4 is 29.9 Å². The maximum atomic E-state index is 11.6. The van der Waals surface area contributed by atoms with Crippen molar-refractivity contribution in [2.75, 3.05) is 12.0 Å². The molecule has 18 heavy (non-hydrogen) atoms. The highest BCUT2D eigenvalue weighted by Crippen LogP contribution is 2.08. The summed E-state index contributed by atoms with van der Waals surface area (Å²) < 4.78 is 5.06. The van der Waals surface area contributed by atoms with Crippen molar-refractivity contribution in [2.24, 2.45) is 0 Å². The van der Waals surface area contributed by atoms with Gasteiger partial charge in [0.25, 0.3) is 5.78 Å². The van der Waals surface area contributed by atoms with Crippen molar-refractivity contribution in [3.8, 4) is 0 Å². The highest BCUT2D eigenvalue weighted by Gasteiger charge is 2.24. The van der Waals surface area contributed by atoms with Gasteiger partial charge in [0.15, 0.2) is 0 Å². The number of ether oxygens (including phenoxy) is 1. The molecule has 0 fully saturated rings. The van der Waals surface area contributed by atoms with Crippen molar-refractivity contribution in [1.29, 1.82) is 0 Å². The van der Waals surface area contributed by atoms with E-state index in [1.807, 2.05) is 6.26 Å². The van der Waals surface area contributed by atoms with E-state index in [-0.39, 0.29) is 0 Å². The van der Waals surface area contributed by atoms with Crippen LogP contribution in [0.3, 0.4) is 0 Å². The van der Waals surface area contributed by atoms with Crippen molar-refractivity contribution < 1.29 is 19.1 Å². The van der Waals surface area contributed by atoms with Crippen LogP contribution in [-0.4, -0.2) is 46.5 Å². The fourth-order valence-corrected chi connectivity index (χ4v) is 1.59. The van der Waals surface area contributed by atoms with Gasteiger partial charge in [-0.3, -0.25) is 4.79 Å². The Morgan fingerprint density at radius 2 is 2.11 bits per heavy atom. The van der Waals surface area contributed by atoms with E-state index in [9.17, 15) is 9.59 Å². The maximum absolute atomic E-state index is 11.6. The lowest BCUT2D eigenvalue weighted by Crippen LogP contribution is -2.44. The lowest BCUT2D eigenvalue weighted by Gasteiger charge is -2.21. The second-order valence-electron chi connectivity index (χ2n) is 4.63. The van der Waals surface area contributed by atoms with Gasteiger partial charge in [0.2, 0.25) is 0 Å². The van der Waals surface area contributed by atoms with Crippen molar-refractivity contribution in [3.05, 3.63) is 5.53 Å². The zero-order valence-corrected chi connectivity index (χ0v) is 11.9. The van der Waals surface area contributed by atoms with Crippen LogP contribution in [-0.2, 0) is 9.53 Å². The third-order valence-corrected chi connectivity index (χ3v) is 2.47. The number of amides is 1. The highest BCUT2D eigenvalue weighted by atomic mass is 32.2. The third-order valence-electron chi connectivity index (χ3n) is 1.83. The van der Waals surface area contributed by atoms with Gasteiger partial charge in [0, 0.05) is 0 Å². The SMILES string of the molecule is CSCC[C@@H](NC(=O)OC(C)(C)C)C(=O)C=[N+]=[N-]. The first-order valence-electron chi connectivity index (χ1n) is 5.50. The van der Waals surface area contributed by atoms with E-state index < -0.39 is 23.5 Å². The van der Waals surface area contributed by atoms with Crippen LogP contribution in [0.2, 0.25) is 0 Å². The molecule has 0 heterocycles. The number of rotatable bonds is 6. The van der Waals surface area contributed by atoms with Crippen LogP contribution < -0.4 is 5.32 Å². The average Bonchev–Trinajstić information content (AvgIpc) is 2.21. The van der Waals surface area contributed by atoms with E-state index >= 15 is 0 Å². The fraction of sp³-hybridized carbons (Fsp3) is 0.727. The molecule has 0 bridgehead atoms. The second kappa shape index (κ2) is 7.89. The van der Waals surface area contributed by atoms with Crippen LogP contribution in [0.1, 0.15) is 27.2 Å². The number of hydrogen-bond acceptors (Lipinski definition) is 4. The number of thioether (sulfide) groups is 1. The number of Topliss-reactive ketones (excluding diaryl/α,β-unsaturated/α-hetero) is 1. The first-order valence-corrected chi connectivity index (χ1v) is 6.89. The van der Waals surface area contributed by atoms with E-state index in [0.717, 1.165) is 6.21 Å². The lowest BCUT2D eigenvalue weighted by molar-refractivity contribution is -0.118. The lowest BCUT2D eigenvalue weighted by atomic mass is 10.1. The Morgan fingerprint density at radius 1 is 1.50 bits per heavy atom. The Labute approximate surface area is 111 Å². The molecule has 0 aromatic heterocycles. The molecule has 1 amide bonds. The molecule has 0 aliphatic carbocycles. The largest absolute Gasteiger partial charge is 0.444 e. The molecule has 0 radical (unpaired) electrons. The van der Waals surface area contributed by atoms with Gasteiger partial charge in [-0.15, -0.1) is 0 Å². The molecule has 0 aromatic carbocycles.